The summed E-state index contributed by atoms with van der Waals surface area (Å²) in [5.74, 6) is -1.54. The highest BCUT2D eigenvalue weighted by molar-refractivity contribution is 5.68. The lowest BCUT2D eigenvalue weighted by molar-refractivity contribution is -0.140. The van der Waals surface area contributed by atoms with Gasteiger partial charge in [-0.1, -0.05) is 6.07 Å². The van der Waals surface area contributed by atoms with Gasteiger partial charge in [0, 0.05) is 19.1 Å². The minimum atomic E-state index is -4.85. The Labute approximate surface area is 207 Å². The van der Waals surface area contributed by atoms with Gasteiger partial charge < -0.3 is 19.7 Å². The average Bonchev–Trinajstić information content (AvgIpc) is 3.23. The van der Waals surface area contributed by atoms with E-state index in [4.69, 9.17) is 9.47 Å². The first kappa shape index (κ1) is 26.0. The molecule has 1 unspecified atom stereocenters. The molecule has 1 aromatic carbocycles. The lowest BCUT2D eigenvalue weighted by Gasteiger charge is -2.38. The van der Waals surface area contributed by atoms with Crippen molar-refractivity contribution < 1.29 is 31.8 Å². The maximum Gasteiger partial charge on any atom is 0.419 e. The molecule has 2 aromatic rings. The number of rotatable bonds is 5. The number of anilines is 1. The third kappa shape index (κ3) is 5.52. The predicted molar refractivity (Wildman–Crippen MR) is 123 cm³/mol. The van der Waals surface area contributed by atoms with Crippen LogP contribution in [0.3, 0.4) is 0 Å². The van der Waals surface area contributed by atoms with Gasteiger partial charge >= 0.3 is 18.3 Å². The Morgan fingerprint density at radius 3 is 2.33 bits per heavy atom. The fourth-order valence-electron chi connectivity index (χ4n) is 4.77. The highest BCUT2D eigenvalue weighted by Gasteiger charge is 2.45. The number of hydrogen-bond donors (Lipinski definition) is 1. The second-order valence-electron chi connectivity index (χ2n) is 10.6. The normalized spacial score (nSPS) is 22.2. The molecule has 1 aromatic heterocycles. The van der Waals surface area contributed by atoms with Crippen molar-refractivity contribution in [3.8, 4) is 11.8 Å². The van der Waals surface area contributed by atoms with Crippen LogP contribution in [0.15, 0.2) is 18.2 Å². The molecule has 1 amide bonds. The molecule has 1 N–H and O–H groups in total. The van der Waals surface area contributed by atoms with Crippen LogP contribution >= 0.6 is 0 Å². The van der Waals surface area contributed by atoms with Gasteiger partial charge in [0.2, 0.25) is 5.95 Å². The van der Waals surface area contributed by atoms with Crippen molar-refractivity contribution in [3.05, 3.63) is 29.6 Å². The number of piperidine rings is 1. The van der Waals surface area contributed by atoms with Gasteiger partial charge in [-0.2, -0.15) is 18.2 Å². The molecule has 2 heterocycles. The molecule has 0 radical (unpaired) electrons. The summed E-state index contributed by atoms with van der Waals surface area (Å²) in [5.41, 5.74) is -1.99. The van der Waals surface area contributed by atoms with Gasteiger partial charge in [0.05, 0.1) is 11.6 Å². The first-order chi connectivity index (χ1) is 16.7. The van der Waals surface area contributed by atoms with E-state index < -0.39 is 28.9 Å². The Morgan fingerprint density at radius 2 is 1.78 bits per heavy atom. The van der Waals surface area contributed by atoms with E-state index in [1.54, 1.807) is 18.7 Å². The monoisotopic (exact) mass is 513 g/mol. The summed E-state index contributed by atoms with van der Waals surface area (Å²) in [4.78, 5) is 18.6. The number of carbonyl (C=O) groups is 1. The molecule has 12 heteroatoms. The Bertz CT molecular complexity index is 1100. The minimum Gasteiger partial charge on any atom is -0.444 e. The van der Waals surface area contributed by atoms with Crippen LogP contribution in [0.25, 0.3) is 0 Å². The number of nitrogens with one attached hydrogen (secondary N) is 1. The Kier molecular flexibility index (Phi) is 6.82. The number of ether oxygens (including phenoxy) is 2. The summed E-state index contributed by atoms with van der Waals surface area (Å²) in [5, 5.41) is 7.75. The summed E-state index contributed by atoms with van der Waals surface area (Å²) >= 11 is 0. The molecule has 3 atom stereocenters. The Hall–Kier alpha value is -3.05. The maximum atomic E-state index is 14.5. The van der Waals surface area contributed by atoms with Crippen molar-refractivity contribution in [2.24, 2.45) is 11.8 Å². The zero-order chi connectivity index (χ0) is 26.4. The highest BCUT2D eigenvalue weighted by atomic mass is 19.4. The molecule has 198 valence electrons. The highest BCUT2D eigenvalue weighted by Crippen LogP contribution is 2.40. The number of amides is 1. The van der Waals surface area contributed by atoms with Crippen LogP contribution in [0, 0.1) is 17.7 Å². The predicted octanol–water partition coefficient (Wildman–Crippen LogP) is 5.87. The van der Waals surface area contributed by atoms with Gasteiger partial charge in [-0.3, -0.25) is 0 Å². The van der Waals surface area contributed by atoms with Crippen molar-refractivity contribution >= 4 is 12.0 Å². The fraction of sp³-hybridized carbons (Fsp3) is 0.625. The van der Waals surface area contributed by atoms with Crippen molar-refractivity contribution in [2.45, 2.75) is 71.3 Å². The van der Waals surface area contributed by atoms with E-state index in [2.05, 4.69) is 15.4 Å². The van der Waals surface area contributed by atoms with E-state index in [1.165, 1.54) is 4.68 Å². The van der Waals surface area contributed by atoms with Crippen molar-refractivity contribution in [2.75, 3.05) is 18.4 Å². The number of nitrogens with zero attached hydrogens (tertiary/aromatic N) is 4. The molecule has 2 bridgehead atoms. The second kappa shape index (κ2) is 9.44. The fourth-order valence-corrected chi connectivity index (χ4v) is 4.77. The second-order valence-corrected chi connectivity index (χ2v) is 10.6. The molecule has 2 fully saturated rings. The number of benzene rings is 1. The molecule has 1 aliphatic carbocycles. The lowest BCUT2D eigenvalue weighted by Crippen LogP contribution is -2.51. The zero-order valence-corrected chi connectivity index (χ0v) is 20.9. The van der Waals surface area contributed by atoms with Gasteiger partial charge in [-0.25, -0.2) is 13.9 Å². The molecular formula is C24H31F4N5O3. The average molecular weight is 514 g/mol. The van der Waals surface area contributed by atoms with Crippen LogP contribution in [0.5, 0.6) is 11.8 Å². The smallest absolute Gasteiger partial charge is 0.419 e. The van der Waals surface area contributed by atoms with E-state index in [-0.39, 0.29) is 42.0 Å². The first-order valence-corrected chi connectivity index (χ1v) is 12.0. The third-order valence-electron chi connectivity index (χ3n) is 6.34. The van der Waals surface area contributed by atoms with Crippen LogP contribution in [0.4, 0.5) is 28.3 Å². The molecule has 36 heavy (non-hydrogen) atoms. The van der Waals surface area contributed by atoms with Crippen LogP contribution in [0.1, 0.15) is 59.1 Å². The number of alkyl halides is 3. The van der Waals surface area contributed by atoms with E-state index in [0.717, 1.165) is 25.0 Å². The van der Waals surface area contributed by atoms with E-state index in [9.17, 15) is 22.4 Å². The number of fused-ring (bicyclic) bond motifs is 2. The van der Waals surface area contributed by atoms with Crippen molar-refractivity contribution in [1.82, 2.24) is 19.7 Å². The quantitative estimate of drug-likeness (QED) is 0.504. The molecule has 1 saturated heterocycles. The summed E-state index contributed by atoms with van der Waals surface area (Å²) in [6, 6.07) is 2.48. The molecule has 0 spiro atoms. The SMILES string of the molecule is CC(C)n1nc(NC2[C@@H]3CC[C@H]2CN(C(=O)OC(C)(C)C)C3)nc1Oc1cccc(C(F)(F)F)c1F. The number of carbonyl (C=O) groups excluding carboxylic acids is 1. The van der Waals surface area contributed by atoms with E-state index in [1.807, 2.05) is 20.8 Å². The molecular weight excluding hydrogens is 482 g/mol. The standard InChI is InChI=1S/C24H31F4N5O3/c1-13(2)33-21(35-17-8-6-7-16(18(17)25)24(26,27)28)30-20(31-33)29-19-14-9-10-15(19)12-32(11-14)22(34)36-23(3,4)5/h6-8,13-15,19H,9-12H2,1-5H3,(H,29,31)/t14-,15+,19?. The zero-order valence-electron chi connectivity index (χ0n) is 20.9. The number of halogens is 4. The van der Waals surface area contributed by atoms with E-state index in [0.29, 0.717) is 19.2 Å². The maximum absolute atomic E-state index is 14.5. The Balaban J connectivity index is 1.50. The summed E-state index contributed by atoms with van der Waals surface area (Å²) in [6.07, 6.45) is -3.34. The van der Waals surface area contributed by atoms with Gasteiger partial charge in [0.1, 0.15) is 5.60 Å². The molecule has 1 saturated carbocycles. The van der Waals surface area contributed by atoms with Gasteiger partial charge in [0.15, 0.2) is 11.6 Å². The van der Waals surface area contributed by atoms with Gasteiger partial charge in [-0.15, -0.1) is 5.10 Å². The number of aromatic nitrogens is 3. The first-order valence-electron chi connectivity index (χ1n) is 12.0. The number of hydrogen-bond acceptors (Lipinski definition) is 6. The van der Waals surface area contributed by atoms with Gasteiger partial charge in [-0.05, 0) is 71.4 Å². The molecule has 8 nitrogen and oxygen atoms in total. The number of likely N-dealkylation sites (tertiary alicyclic amines) is 1. The molecule has 2 aliphatic rings. The van der Waals surface area contributed by atoms with Crippen LogP contribution in [-0.2, 0) is 10.9 Å². The van der Waals surface area contributed by atoms with Crippen LogP contribution < -0.4 is 10.1 Å². The molecule has 1 aliphatic heterocycles. The largest absolute Gasteiger partial charge is 0.444 e. The van der Waals surface area contributed by atoms with Crippen molar-refractivity contribution in [3.63, 3.8) is 0 Å². The topological polar surface area (TPSA) is 81.5 Å². The lowest BCUT2D eigenvalue weighted by atomic mass is 9.92. The third-order valence-corrected chi connectivity index (χ3v) is 6.34. The van der Waals surface area contributed by atoms with Crippen molar-refractivity contribution in [1.29, 1.82) is 0 Å². The Morgan fingerprint density at radius 1 is 1.14 bits per heavy atom. The van der Waals surface area contributed by atoms with Gasteiger partial charge in [0.25, 0.3) is 0 Å². The minimum absolute atomic E-state index is 0.00448. The van der Waals surface area contributed by atoms with E-state index >= 15 is 0 Å². The van der Waals surface area contributed by atoms with Crippen LogP contribution in [0.2, 0.25) is 0 Å². The summed E-state index contributed by atoms with van der Waals surface area (Å²) < 4.78 is 66.2. The van der Waals surface area contributed by atoms with Crippen LogP contribution in [-0.4, -0.2) is 50.5 Å². The summed E-state index contributed by atoms with van der Waals surface area (Å²) in [6.45, 7) is 10.2. The molecule has 4 rings (SSSR count). The summed E-state index contributed by atoms with van der Waals surface area (Å²) in [7, 11) is 0.